The maximum absolute atomic E-state index is 4.47. The number of nitrogens with one attached hydrogen (secondary N) is 1. The summed E-state index contributed by atoms with van der Waals surface area (Å²) in [5, 5.41) is 7.80. The molecule has 24 heavy (non-hydrogen) atoms. The van der Waals surface area contributed by atoms with Crippen LogP contribution in [-0.4, -0.2) is 19.7 Å². The third-order valence-electron chi connectivity index (χ3n) is 4.24. The summed E-state index contributed by atoms with van der Waals surface area (Å²) >= 11 is 0. The monoisotopic (exact) mass is 321 g/mol. The van der Waals surface area contributed by atoms with Crippen LogP contribution >= 0.6 is 0 Å². The van der Waals surface area contributed by atoms with Crippen molar-refractivity contribution in [1.29, 1.82) is 0 Å². The number of anilines is 2. The van der Waals surface area contributed by atoms with Crippen LogP contribution in [0.25, 0.3) is 5.82 Å². The van der Waals surface area contributed by atoms with Gasteiger partial charge in [0, 0.05) is 17.4 Å². The lowest BCUT2D eigenvalue weighted by Crippen LogP contribution is -2.04. The molecule has 0 radical (unpaired) electrons. The minimum absolute atomic E-state index is 0.579. The minimum Gasteiger partial charge on any atom is -0.340 e. The molecular weight excluding hydrogens is 298 g/mol. The van der Waals surface area contributed by atoms with Crippen LogP contribution in [0.4, 0.5) is 11.5 Å². The molecule has 5 heteroatoms. The van der Waals surface area contributed by atoms with Crippen LogP contribution in [0.2, 0.25) is 0 Å². The molecule has 5 nitrogen and oxygen atoms in total. The number of nitrogens with zero attached hydrogens (tertiary/aromatic N) is 4. The Morgan fingerprint density at radius 3 is 2.46 bits per heavy atom. The molecule has 0 aliphatic heterocycles. The quantitative estimate of drug-likeness (QED) is 0.750. The molecule has 124 valence electrons. The van der Waals surface area contributed by atoms with E-state index in [0.29, 0.717) is 5.92 Å². The number of hydrogen-bond donors (Lipinski definition) is 1. The largest absolute Gasteiger partial charge is 0.340 e. The van der Waals surface area contributed by atoms with Gasteiger partial charge in [0.15, 0.2) is 5.82 Å². The van der Waals surface area contributed by atoms with E-state index in [9.17, 15) is 0 Å². The number of aromatic nitrogens is 4. The third kappa shape index (κ3) is 3.45. The van der Waals surface area contributed by atoms with E-state index in [-0.39, 0.29) is 0 Å². The molecule has 2 heterocycles. The molecule has 3 aromatic rings. The highest BCUT2D eigenvalue weighted by Crippen LogP contribution is 2.22. The Balaban J connectivity index is 1.81. The van der Waals surface area contributed by atoms with Crippen molar-refractivity contribution in [3.63, 3.8) is 0 Å². The Kier molecular flexibility index (Phi) is 4.60. The zero-order chi connectivity index (χ0) is 17.1. The molecule has 1 unspecified atom stereocenters. The molecule has 0 amide bonds. The van der Waals surface area contributed by atoms with Gasteiger partial charge in [-0.05, 0) is 49.9 Å². The predicted octanol–water partition coefficient (Wildman–Crippen LogP) is 4.54. The van der Waals surface area contributed by atoms with E-state index in [1.807, 2.05) is 30.7 Å². The Labute approximate surface area is 142 Å². The van der Waals surface area contributed by atoms with Gasteiger partial charge in [-0.25, -0.2) is 14.6 Å². The topological polar surface area (TPSA) is 55.6 Å². The molecule has 0 aliphatic rings. The molecule has 0 spiro atoms. The Hall–Kier alpha value is -2.69. The zero-order valence-corrected chi connectivity index (χ0v) is 14.6. The predicted molar refractivity (Wildman–Crippen MR) is 97.1 cm³/mol. The maximum Gasteiger partial charge on any atom is 0.159 e. The lowest BCUT2D eigenvalue weighted by molar-refractivity contribution is 0.734. The highest BCUT2D eigenvalue weighted by molar-refractivity contribution is 5.57. The van der Waals surface area contributed by atoms with Gasteiger partial charge in [0.2, 0.25) is 0 Å². The Morgan fingerprint density at radius 2 is 1.83 bits per heavy atom. The van der Waals surface area contributed by atoms with Crippen LogP contribution in [0.3, 0.4) is 0 Å². The van der Waals surface area contributed by atoms with Crippen molar-refractivity contribution in [3.05, 3.63) is 59.7 Å². The Morgan fingerprint density at radius 1 is 1.08 bits per heavy atom. The van der Waals surface area contributed by atoms with Gasteiger partial charge in [0.05, 0.1) is 5.69 Å². The molecule has 1 N–H and O–H groups in total. The van der Waals surface area contributed by atoms with Crippen molar-refractivity contribution in [2.24, 2.45) is 0 Å². The molecule has 0 aliphatic carbocycles. The van der Waals surface area contributed by atoms with Crippen LogP contribution in [0, 0.1) is 13.8 Å². The summed E-state index contributed by atoms with van der Waals surface area (Å²) in [6.07, 6.45) is 2.70. The fraction of sp³-hybridized carbons (Fsp3) is 0.316. The summed E-state index contributed by atoms with van der Waals surface area (Å²) in [6.45, 7) is 8.44. The second kappa shape index (κ2) is 6.83. The normalized spacial score (nSPS) is 12.2. The van der Waals surface area contributed by atoms with Gasteiger partial charge in [-0.2, -0.15) is 5.10 Å². The van der Waals surface area contributed by atoms with Crippen LogP contribution in [-0.2, 0) is 0 Å². The summed E-state index contributed by atoms with van der Waals surface area (Å²) in [6, 6.07) is 12.4. The SMILES string of the molecule is CCC(C)c1ccc(Nc2cc(-n3nc(C)cc3C)ncn2)cc1. The van der Waals surface area contributed by atoms with E-state index >= 15 is 0 Å². The van der Waals surface area contributed by atoms with Crippen molar-refractivity contribution in [1.82, 2.24) is 19.7 Å². The van der Waals surface area contributed by atoms with E-state index in [2.05, 4.69) is 58.5 Å². The second-order valence-electron chi connectivity index (χ2n) is 6.16. The fourth-order valence-corrected chi connectivity index (χ4v) is 2.67. The van der Waals surface area contributed by atoms with Crippen LogP contribution in [0.5, 0.6) is 0 Å². The number of rotatable bonds is 5. The molecule has 2 aromatic heterocycles. The minimum atomic E-state index is 0.579. The van der Waals surface area contributed by atoms with E-state index in [1.165, 1.54) is 5.56 Å². The highest BCUT2D eigenvalue weighted by atomic mass is 15.3. The van der Waals surface area contributed by atoms with Gasteiger partial charge >= 0.3 is 0 Å². The standard InChI is InChI=1S/C19H23N5/c1-5-13(2)16-6-8-17(9-7-16)22-18-11-19(21-12-20-18)24-15(4)10-14(3)23-24/h6-13H,5H2,1-4H3,(H,20,21,22). The fourth-order valence-electron chi connectivity index (χ4n) is 2.67. The van der Waals surface area contributed by atoms with Crippen molar-refractivity contribution in [2.45, 2.75) is 40.0 Å². The molecule has 0 saturated carbocycles. The van der Waals surface area contributed by atoms with Crippen LogP contribution in [0.1, 0.15) is 43.1 Å². The van der Waals surface area contributed by atoms with Gasteiger partial charge in [-0.15, -0.1) is 0 Å². The summed E-state index contributed by atoms with van der Waals surface area (Å²) in [5.41, 5.74) is 4.39. The average molecular weight is 321 g/mol. The zero-order valence-electron chi connectivity index (χ0n) is 14.6. The molecule has 1 atom stereocenters. The Bertz CT molecular complexity index is 820. The van der Waals surface area contributed by atoms with Crippen LogP contribution < -0.4 is 5.32 Å². The van der Waals surface area contributed by atoms with Crippen LogP contribution in [0.15, 0.2) is 42.7 Å². The van der Waals surface area contributed by atoms with Gasteiger partial charge in [0.1, 0.15) is 12.1 Å². The number of benzene rings is 1. The average Bonchev–Trinajstić information content (AvgIpc) is 2.93. The summed E-state index contributed by atoms with van der Waals surface area (Å²) in [5.74, 6) is 2.09. The summed E-state index contributed by atoms with van der Waals surface area (Å²) < 4.78 is 1.83. The van der Waals surface area contributed by atoms with Crippen molar-refractivity contribution >= 4 is 11.5 Å². The second-order valence-corrected chi connectivity index (χ2v) is 6.16. The van der Waals surface area contributed by atoms with Gasteiger partial charge in [-0.3, -0.25) is 0 Å². The first-order valence-electron chi connectivity index (χ1n) is 8.29. The van der Waals surface area contributed by atoms with Gasteiger partial charge < -0.3 is 5.32 Å². The van der Waals surface area contributed by atoms with E-state index < -0.39 is 0 Å². The third-order valence-corrected chi connectivity index (χ3v) is 4.24. The summed E-state index contributed by atoms with van der Waals surface area (Å²) in [4.78, 5) is 8.63. The first-order chi connectivity index (χ1) is 11.6. The number of aryl methyl sites for hydroxylation is 2. The first-order valence-corrected chi connectivity index (χ1v) is 8.29. The lowest BCUT2D eigenvalue weighted by atomic mass is 9.99. The van der Waals surface area contributed by atoms with Crippen molar-refractivity contribution in [3.8, 4) is 5.82 Å². The molecular formula is C19H23N5. The highest BCUT2D eigenvalue weighted by Gasteiger charge is 2.07. The molecule has 0 saturated heterocycles. The van der Waals surface area contributed by atoms with E-state index in [0.717, 1.165) is 35.1 Å². The molecule has 3 rings (SSSR count). The van der Waals surface area contributed by atoms with Crippen molar-refractivity contribution < 1.29 is 0 Å². The lowest BCUT2D eigenvalue weighted by Gasteiger charge is -2.11. The molecule has 0 bridgehead atoms. The van der Waals surface area contributed by atoms with Gasteiger partial charge in [-0.1, -0.05) is 26.0 Å². The summed E-state index contributed by atoms with van der Waals surface area (Å²) in [7, 11) is 0. The van der Waals surface area contributed by atoms with Crippen molar-refractivity contribution in [2.75, 3.05) is 5.32 Å². The molecule has 1 aromatic carbocycles. The first kappa shape index (κ1) is 16.2. The van der Waals surface area contributed by atoms with Gasteiger partial charge in [0.25, 0.3) is 0 Å². The van der Waals surface area contributed by atoms with E-state index in [4.69, 9.17) is 0 Å². The number of hydrogen-bond acceptors (Lipinski definition) is 4. The molecule has 0 fully saturated rings. The van der Waals surface area contributed by atoms with E-state index in [1.54, 1.807) is 6.33 Å². The maximum atomic E-state index is 4.47. The smallest absolute Gasteiger partial charge is 0.159 e.